The number of halogens is 3. The minimum atomic E-state index is -4.72. The number of nitrogens with zero attached hydrogens (tertiary/aromatic N) is 2. The molecule has 1 aromatic heterocycles. The van der Waals surface area contributed by atoms with Crippen LogP contribution in [0.1, 0.15) is 61.3 Å². The number of aromatic nitrogens is 1. The highest BCUT2D eigenvalue weighted by atomic mass is 19.4. The third-order valence-electron chi connectivity index (χ3n) is 5.55. The van der Waals surface area contributed by atoms with Crippen LogP contribution in [0.25, 0.3) is 11.1 Å². The van der Waals surface area contributed by atoms with E-state index < -0.39 is 41.5 Å². The van der Waals surface area contributed by atoms with E-state index in [2.05, 4.69) is 15.6 Å². The highest BCUT2D eigenvalue weighted by Gasteiger charge is 2.34. The third-order valence-corrected chi connectivity index (χ3v) is 5.55. The molecule has 40 heavy (non-hydrogen) atoms. The average molecular weight is 553 g/mol. The standard InChI is InChI=1S/C29H27F3N4O4/c1-5-17-13-23(36-27(39)40-28(2,3)4)24(14-22(17)29(30,31)32)35-26(38)15-25(37)20-8-6-7-18(11-20)19-9-10-34-21(12-19)16-33/h6-14H,5,15H2,1-4H3,(H,35,38)(H,36,39). The number of alkyl halides is 3. The second-order valence-electron chi connectivity index (χ2n) is 9.80. The zero-order valence-corrected chi connectivity index (χ0v) is 22.3. The van der Waals surface area contributed by atoms with Crippen LogP contribution in [-0.4, -0.2) is 28.4 Å². The van der Waals surface area contributed by atoms with Crippen LogP contribution in [0.4, 0.5) is 29.3 Å². The summed E-state index contributed by atoms with van der Waals surface area (Å²) in [6.07, 6.45) is -4.85. The molecule has 3 aromatic rings. The Morgan fingerprint density at radius 2 is 1.65 bits per heavy atom. The fourth-order valence-corrected chi connectivity index (χ4v) is 3.81. The van der Waals surface area contributed by atoms with E-state index >= 15 is 0 Å². The van der Waals surface area contributed by atoms with Gasteiger partial charge in [-0.15, -0.1) is 0 Å². The molecular weight excluding hydrogens is 525 g/mol. The molecule has 2 amide bonds. The molecule has 0 atom stereocenters. The number of Topliss-reactive ketones (excluding diaryl/α,β-unsaturated/α-hetero) is 1. The number of pyridine rings is 1. The number of hydrogen-bond donors (Lipinski definition) is 2. The number of hydrogen-bond acceptors (Lipinski definition) is 6. The summed E-state index contributed by atoms with van der Waals surface area (Å²) < 4.78 is 46.4. The van der Waals surface area contributed by atoms with Crippen LogP contribution in [0.2, 0.25) is 0 Å². The number of ether oxygens (including phenoxy) is 1. The van der Waals surface area contributed by atoms with Crippen molar-refractivity contribution in [3.8, 4) is 17.2 Å². The van der Waals surface area contributed by atoms with E-state index in [0.717, 1.165) is 12.1 Å². The van der Waals surface area contributed by atoms with Crippen LogP contribution >= 0.6 is 0 Å². The lowest BCUT2D eigenvalue weighted by molar-refractivity contribution is -0.138. The molecule has 1 heterocycles. The number of carbonyl (C=O) groups excluding carboxylic acids is 3. The first-order valence-corrected chi connectivity index (χ1v) is 12.2. The van der Waals surface area contributed by atoms with Crippen LogP contribution in [-0.2, 0) is 22.1 Å². The molecule has 11 heteroatoms. The summed E-state index contributed by atoms with van der Waals surface area (Å²) in [5.41, 5.74) is -0.758. The Hall–Kier alpha value is -4.72. The van der Waals surface area contributed by atoms with Gasteiger partial charge in [0, 0.05) is 11.8 Å². The van der Waals surface area contributed by atoms with Gasteiger partial charge in [-0.3, -0.25) is 14.9 Å². The van der Waals surface area contributed by atoms with Crippen molar-refractivity contribution in [3.63, 3.8) is 0 Å². The number of ketones is 1. The fraction of sp³-hybridized carbons (Fsp3) is 0.276. The Labute approximate surface area is 229 Å². The van der Waals surface area contributed by atoms with Gasteiger partial charge in [0.05, 0.1) is 23.4 Å². The zero-order valence-electron chi connectivity index (χ0n) is 22.3. The van der Waals surface area contributed by atoms with Crippen molar-refractivity contribution >= 4 is 29.2 Å². The summed E-state index contributed by atoms with van der Waals surface area (Å²) in [4.78, 5) is 42.0. The molecule has 3 rings (SSSR count). The predicted octanol–water partition coefficient (Wildman–Crippen LogP) is 6.76. The average Bonchev–Trinajstić information content (AvgIpc) is 2.87. The number of benzene rings is 2. The molecule has 0 saturated carbocycles. The Morgan fingerprint density at radius 1 is 0.975 bits per heavy atom. The summed E-state index contributed by atoms with van der Waals surface area (Å²) in [5, 5.41) is 13.8. The molecular formula is C29H27F3N4O4. The van der Waals surface area contributed by atoms with Gasteiger partial charge in [-0.1, -0.05) is 25.1 Å². The maximum Gasteiger partial charge on any atom is 0.416 e. The lowest BCUT2D eigenvalue weighted by Gasteiger charge is -2.22. The van der Waals surface area contributed by atoms with E-state index in [9.17, 15) is 27.6 Å². The highest BCUT2D eigenvalue weighted by Crippen LogP contribution is 2.38. The normalized spacial score (nSPS) is 11.3. The Balaban J connectivity index is 1.87. The van der Waals surface area contributed by atoms with Gasteiger partial charge in [0.15, 0.2) is 5.78 Å². The largest absolute Gasteiger partial charge is 0.444 e. The van der Waals surface area contributed by atoms with Gasteiger partial charge in [0.2, 0.25) is 5.91 Å². The minimum absolute atomic E-state index is 0.00817. The van der Waals surface area contributed by atoms with E-state index in [4.69, 9.17) is 10.00 Å². The number of nitriles is 1. The first-order chi connectivity index (χ1) is 18.7. The van der Waals surface area contributed by atoms with Gasteiger partial charge in [-0.25, -0.2) is 9.78 Å². The summed E-state index contributed by atoms with van der Waals surface area (Å²) in [5.74, 6) is -1.47. The third kappa shape index (κ3) is 7.89. The van der Waals surface area contributed by atoms with E-state index in [1.54, 1.807) is 51.1 Å². The summed E-state index contributed by atoms with van der Waals surface area (Å²) >= 11 is 0. The number of aryl methyl sites for hydroxylation is 1. The van der Waals surface area contributed by atoms with Crippen molar-refractivity contribution in [3.05, 3.63) is 77.1 Å². The number of nitrogens with one attached hydrogen (secondary N) is 2. The SMILES string of the molecule is CCc1cc(NC(=O)OC(C)(C)C)c(NC(=O)CC(=O)c2cccc(-c3ccnc(C#N)c3)c2)cc1C(F)(F)F. The molecule has 0 radical (unpaired) electrons. The second kappa shape index (κ2) is 12.0. The summed E-state index contributed by atoms with van der Waals surface area (Å²) in [6, 6.07) is 13.4. The molecule has 8 nitrogen and oxygen atoms in total. The van der Waals surface area contributed by atoms with Gasteiger partial charge in [-0.2, -0.15) is 18.4 Å². The number of amides is 2. The van der Waals surface area contributed by atoms with Crippen molar-refractivity contribution in [2.75, 3.05) is 10.6 Å². The summed E-state index contributed by atoms with van der Waals surface area (Å²) in [6.45, 7) is 6.39. The molecule has 2 aromatic carbocycles. The topological polar surface area (TPSA) is 121 Å². The summed E-state index contributed by atoms with van der Waals surface area (Å²) in [7, 11) is 0. The molecule has 0 unspecified atom stereocenters. The number of carbonyl (C=O) groups is 3. The Kier molecular flexibility index (Phi) is 8.94. The maximum absolute atomic E-state index is 13.7. The molecule has 0 spiro atoms. The molecule has 0 aliphatic carbocycles. The van der Waals surface area contributed by atoms with Crippen LogP contribution < -0.4 is 10.6 Å². The molecule has 208 valence electrons. The Morgan fingerprint density at radius 3 is 2.27 bits per heavy atom. The fourth-order valence-electron chi connectivity index (χ4n) is 3.81. The van der Waals surface area contributed by atoms with Crippen LogP contribution in [0.5, 0.6) is 0 Å². The van der Waals surface area contributed by atoms with E-state index in [-0.39, 0.29) is 34.6 Å². The van der Waals surface area contributed by atoms with E-state index in [1.807, 2.05) is 6.07 Å². The molecule has 2 N–H and O–H groups in total. The number of anilines is 2. The van der Waals surface area contributed by atoms with Crippen molar-refractivity contribution in [1.29, 1.82) is 5.26 Å². The van der Waals surface area contributed by atoms with Gasteiger partial charge >= 0.3 is 12.3 Å². The molecule has 0 saturated heterocycles. The van der Waals surface area contributed by atoms with Crippen LogP contribution in [0, 0.1) is 11.3 Å². The van der Waals surface area contributed by atoms with Crippen LogP contribution in [0.15, 0.2) is 54.7 Å². The smallest absolute Gasteiger partial charge is 0.416 e. The van der Waals surface area contributed by atoms with Gasteiger partial charge in [0.25, 0.3) is 0 Å². The predicted molar refractivity (Wildman–Crippen MR) is 143 cm³/mol. The second-order valence-corrected chi connectivity index (χ2v) is 9.80. The van der Waals surface area contributed by atoms with Crippen LogP contribution in [0.3, 0.4) is 0 Å². The first-order valence-electron chi connectivity index (χ1n) is 12.2. The van der Waals surface area contributed by atoms with Crippen molar-refractivity contribution in [2.24, 2.45) is 0 Å². The molecule has 0 fully saturated rings. The van der Waals surface area contributed by atoms with E-state index in [0.29, 0.717) is 11.1 Å². The van der Waals surface area contributed by atoms with Crippen molar-refractivity contribution in [1.82, 2.24) is 4.98 Å². The number of rotatable bonds is 7. The highest BCUT2D eigenvalue weighted by molar-refractivity contribution is 6.12. The van der Waals surface area contributed by atoms with Crippen molar-refractivity contribution in [2.45, 2.75) is 52.3 Å². The molecule has 0 bridgehead atoms. The van der Waals surface area contributed by atoms with Gasteiger partial charge < -0.3 is 10.1 Å². The lowest BCUT2D eigenvalue weighted by Crippen LogP contribution is -2.28. The lowest BCUT2D eigenvalue weighted by atomic mass is 10.00. The van der Waals surface area contributed by atoms with E-state index in [1.165, 1.54) is 19.2 Å². The molecule has 0 aliphatic rings. The molecule has 0 aliphatic heterocycles. The quantitative estimate of drug-likeness (QED) is 0.247. The zero-order chi connectivity index (χ0) is 29.7. The van der Waals surface area contributed by atoms with Crippen molar-refractivity contribution < 1.29 is 32.3 Å². The minimum Gasteiger partial charge on any atom is -0.444 e. The van der Waals surface area contributed by atoms with Gasteiger partial charge in [0.1, 0.15) is 17.4 Å². The maximum atomic E-state index is 13.7. The first kappa shape index (κ1) is 29.8. The monoisotopic (exact) mass is 552 g/mol. The van der Waals surface area contributed by atoms with Gasteiger partial charge in [-0.05, 0) is 74.2 Å². The Bertz CT molecular complexity index is 1490.